The smallest absolute Gasteiger partial charge is 0.313 e. The van der Waals surface area contributed by atoms with Gasteiger partial charge in [0.2, 0.25) is 0 Å². The number of hydrogen-bond donors (Lipinski definition) is 1. The van der Waals surface area contributed by atoms with Crippen molar-refractivity contribution >= 4 is 5.97 Å². The largest absolute Gasteiger partial charge is 0.463 e. The summed E-state index contributed by atoms with van der Waals surface area (Å²) in [6.45, 7) is 9.33. The Kier molecular flexibility index (Phi) is 5.22. The molecule has 0 amide bonds. The number of rotatable bonds is 6. The van der Waals surface area contributed by atoms with E-state index in [1.165, 1.54) is 0 Å². The monoisotopic (exact) mass is 229 g/mol. The van der Waals surface area contributed by atoms with E-state index in [9.17, 15) is 4.79 Å². The molecule has 1 saturated heterocycles. The predicted octanol–water partition coefficient (Wildman–Crippen LogP) is 1.20. The number of carbonyl (C=O) groups excluding carboxylic acids is 1. The zero-order valence-electron chi connectivity index (χ0n) is 10.5. The molecule has 0 aromatic rings. The fourth-order valence-electron chi connectivity index (χ4n) is 1.68. The van der Waals surface area contributed by atoms with Crippen LogP contribution in [0, 0.1) is 11.3 Å². The molecule has 1 atom stereocenters. The maximum atomic E-state index is 11.7. The van der Waals surface area contributed by atoms with Gasteiger partial charge in [-0.15, -0.1) is 0 Å². The van der Waals surface area contributed by atoms with Crippen molar-refractivity contribution in [2.75, 3.05) is 32.9 Å². The van der Waals surface area contributed by atoms with Crippen molar-refractivity contribution in [2.45, 2.75) is 27.2 Å². The third-order valence-corrected chi connectivity index (χ3v) is 2.77. The van der Waals surface area contributed by atoms with Crippen LogP contribution in [0.15, 0.2) is 0 Å². The molecule has 0 spiro atoms. The number of esters is 1. The Morgan fingerprint density at radius 1 is 1.44 bits per heavy atom. The Bertz CT molecular complexity index is 222. The molecule has 1 N–H and O–H groups in total. The van der Waals surface area contributed by atoms with Gasteiger partial charge in [-0.2, -0.15) is 0 Å². The molecule has 4 nitrogen and oxygen atoms in total. The summed E-state index contributed by atoms with van der Waals surface area (Å²) >= 11 is 0. The van der Waals surface area contributed by atoms with Crippen LogP contribution in [0.2, 0.25) is 0 Å². The first-order chi connectivity index (χ1) is 7.54. The average Bonchev–Trinajstić information content (AvgIpc) is 2.65. The number of carbonyl (C=O) groups is 1. The van der Waals surface area contributed by atoms with Gasteiger partial charge >= 0.3 is 5.97 Å². The molecule has 1 aliphatic rings. The number of ether oxygens (including phenoxy) is 2. The second kappa shape index (κ2) is 6.21. The average molecular weight is 229 g/mol. The van der Waals surface area contributed by atoms with E-state index in [1.54, 1.807) is 0 Å². The van der Waals surface area contributed by atoms with E-state index in [2.05, 4.69) is 19.2 Å². The number of nitrogens with one attached hydrogen (secondary N) is 1. The Balaban J connectivity index is 2.10. The van der Waals surface area contributed by atoms with Gasteiger partial charge < -0.3 is 14.8 Å². The molecule has 0 saturated carbocycles. The van der Waals surface area contributed by atoms with Gasteiger partial charge in [0, 0.05) is 13.2 Å². The predicted molar refractivity (Wildman–Crippen MR) is 62.2 cm³/mol. The highest BCUT2D eigenvalue weighted by atomic mass is 16.6. The molecule has 0 radical (unpaired) electrons. The highest BCUT2D eigenvalue weighted by molar-refractivity contribution is 5.77. The minimum atomic E-state index is -0.335. The van der Waals surface area contributed by atoms with Crippen LogP contribution in [-0.2, 0) is 14.3 Å². The summed E-state index contributed by atoms with van der Waals surface area (Å²) in [5.41, 5.74) is -0.335. The van der Waals surface area contributed by atoms with Crippen molar-refractivity contribution in [3.05, 3.63) is 0 Å². The molecule has 1 aliphatic heterocycles. The van der Waals surface area contributed by atoms with Gasteiger partial charge in [-0.3, -0.25) is 4.79 Å². The molecule has 1 unspecified atom stereocenters. The molecule has 94 valence electrons. The van der Waals surface area contributed by atoms with E-state index in [4.69, 9.17) is 9.47 Å². The van der Waals surface area contributed by atoms with Crippen molar-refractivity contribution < 1.29 is 14.3 Å². The van der Waals surface area contributed by atoms with E-state index in [0.717, 1.165) is 26.1 Å². The standard InChI is InChI=1S/C12H23NO3/c1-10(2)8-15-6-7-16-11(14)12(3)4-5-13-9-12/h10,13H,4-9H2,1-3H3. The van der Waals surface area contributed by atoms with Gasteiger partial charge in [-0.05, 0) is 25.8 Å². The van der Waals surface area contributed by atoms with Gasteiger partial charge in [-0.1, -0.05) is 13.8 Å². The van der Waals surface area contributed by atoms with Gasteiger partial charge in [-0.25, -0.2) is 0 Å². The Morgan fingerprint density at radius 2 is 2.19 bits per heavy atom. The fourth-order valence-corrected chi connectivity index (χ4v) is 1.68. The zero-order chi connectivity index (χ0) is 12.0. The first-order valence-electron chi connectivity index (χ1n) is 6.00. The quantitative estimate of drug-likeness (QED) is 0.549. The molecule has 1 heterocycles. The number of hydrogen-bond acceptors (Lipinski definition) is 4. The van der Waals surface area contributed by atoms with E-state index in [1.807, 2.05) is 6.92 Å². The van der Waals surface area contributed by atoms with Crippen molar-refractivity contribution in [3.63, 3.8) is 0 Å². The van der Waals surface area contributed by atoms with Crippen LogP contribution >= 0.6 is 0 Å². The van der Waals surface area contributed by atoms with Crippen LogP contribution in [0.5, 0.6) is 0 Å². The van der Waals surface area contributed by atoms with E-state index < -0.39 is 0 Å². The van der Waals surface area contributed by atoms with Crippen LogP contribution in [-0.4, -0.2) is 38.9 Å². The minimum Gasteiger partial charge on any atom is -0.463 e. The fraction of sp³-hybridized carbons (Fsp3) is 0.917. The Morgan fingerprint density at radius 3 is 2.75 bits per heavy atom. The SMILES string of the molecule is CC(C)COCCOC(=O)C1(C)CCNC1. The van der Waals surface area contributed by atoms with Crippen LogP contribution < -0.4 is 5.32 Å². The van der Waals surface area contributed by atoms with Crippen molar-refractivity contribution in [1.29, 1.82) is 0 Å². The van der Waals surface area contributed by atoms with Gasteiger partial charge in [0.25, 0.3) is 0 Å². The molecular weight excluding hydrogens is 206 g/mol. The van der Waals surface area contributed by atoms with Crippen molar-refractivity contribution in [1.82, 2.24) is 5.32 Å². The minimum absolute atomic E-state index is 0.106. The van der Waals surface area contributed by atoms with E-state index >= 15 is 0 Å². The van der Waals surface area contributed by atoms with Crippen LogP contribution in [0.3, 0.4) is 0 Å². The third kappa shape index (κ3) is 4.10. The van der Waals surface area contributed by atoms with Gasteiger partial charge in [0.05, 0.1) is 12.0 Å². The van der Waals surface area contributed by atoms with Gasteiger partial charge in [0.1, 0.15) is 6.61 Å². The summed E-state index contributed by atoms with van der Waals surface area (Å²) < 4.78 is 10.6. The summed E-state index contributed by atoms with van der Waals surface area (Å²) in [6.07, 6.45) is 0.860. The maximum Gasteiger partial charge on any atom is 0.313 e. The molecular formula is C12H23NO3. The molecule has 0 bridgehead atoms. The molecule has 16 heavy (non-hydrogen) atoms. The normalized spacial score (nSPS) is 25.0. The Hall–Kier alpha value is -0.610. The molecule has 1 rings (SSSR count). The van der Waals surface area contributed by atoms with Crippen molar-refractivity contribution in [3.8, 4) is 0 Å². The lowest BCUT2D eigenvalue weighted by Gasteiger charge is -2.20. The topological polar surface area (TPSA) is 47.6 Å². The first kappa shape index (κ1) is 13.5. The summed E-state index contributed by atoms with van der Waals surface area (Å²) in [6, 6.07) is 0. The van der Waals surface area contributed by atoms with Gasteiger partial charge in [0.15, 0.2) is 0 Å². The summed E-state index contributed by atoms with van der Waals surface area (Å²) in [4.78, 5) is 11.7. The highest BCUT2D eigenvalue weighted by Crippen LogP contribution is 2.25. The lowest BCUT2D eigenvalue weighted by Crippen LogP contribution is -2.32. The molecule has 4 heteroatoms. The summed E-state index contributed by atoms with van der Waals surface area (Å²) in [5, 5.41) is 3.18. The summed E-state index contributed by atoms with van der Waals surface area (Å²) in [5.74, 6) is 0.415. The molecule has 0 aromatic heterocycles. The second-order valence-electron chi connectivity index (χ2n) is 5.09. The lowest BCUT2D eigenvalue weighted by atomic mass is 9.90. The highest BCUT2D eigenvalue weighted by Gasteiger charge is 2.37. The lowest BCUT2D eigenvalue weighted by molar-refractivity contribution is -0.155. The van der Waals surface area contributed by atoms with E-state index in [0.29, 0.717) is 19.1 Å². The van der Waals surface area contributed by atoms with Crippen LogP contribution in [0.25, 0.3) is 0 Å². The van der Waals surface area contributed by atoms with Crippen LogP contribution in [0.1, 0.15) is 27.2 Å². The molecule has 0 aliphatic carbocycles. The molecule has 1 fully saturated rings. The van der Waals surface area contributed by atoms with E-state index in [-0.39, 0.29) is 11.4 Å². The molecule has 0 aromatic carbocycles. The first-order valence-corrected chi connectivity index (χ1v) is 6.00. The third-order valence-electron chi connectivity index (χ3n) is 2.77. The Labute approximate surface area is 97.7 Å². The van der Waals surface area contributed by atoms with Crippen molar-refractivity contribution in [2.24, 2.45) is 11.3 Å². The zero-order valence-corrected chi connectivity index (χ0v) is 10.5. The maximum absolute atomic E-state index is 11.7. The second-order valence-corrected chi connectivity index (χ2v) is 5.09. The van der Waals surface area contributed by atoms with Crippen LogP contribution in [0.4, 0.5) is 0 Å². The summed E-state index contributed by atoms with van der Waals surface area (Å²) in [7, 11) is 0.